The average Bonchev–Trinajstić information content (AvgIpc) is 2.86. The fourth-order valence-electron chi connectivity index (χ4n) is 2.95. The summed E-state index contributed by atoms with van der Waals surface area (Å²) in [6.07, 6.45) is 10.8. The van der Waals surface area contributed by atoms with Gasteiger partial charge >= 0.3 is 0 Å². The molecular weight excluding hydrogens is 226 g/mol. The average molecular weight is 251 g/mol. The molecule has 2 rings (SSSR count). The van der Waals surface area contributed by atoms with E-state index >= 15 is 0 Å². The number of rotatable bonds is 6. The van der Waals surface area contributed by atoms with Gasteiger partial charge in [0.05, 0.1) is 17.9 Å². The molecule has 0 amide bonds. The van der Waals surface area contributed by atoms with Gasteiger partial charge in [0, 0.05) is 6.54 Å². The van der Waals surface area contributed by atoms with Gasteiger partial charge < -0.3 is 0 Å². The molecule has 0 bridgehead atoms. The number of nitrogens with two attached hydrogens (primary N) is 1. The van der Waals surface area contributed by atoms with E-state index in [-0.39, 0.29) is 6.04 Å². The molecule has 102 valence electrons. The first-order valence-electron chi connectivity index (χ1n) is 7.19. The van der Waals surface area contributed by atoms with Gasteiger partial charge in [-0.3, -0.25) is 11.3 Å². The monoisotopic (exact) mass is 251 g/mol. The van der Waals surface area contributed by atoms with Crippen molar-refractivity contribution in [3.63, 3.8) is 0 Å². The molecule has 1 saturated carbocycles. The molecule has 5 heteroatoms. The van der Waals surface area contributed by atoms with Gasteiger partial charge in [-0.05, 0) is 18.8 Å². The van der Waals surface area contributed by atoms with Crippen LogP contribution < -0.4 is 11.3 Å². The molecule has 18 heavy (non-hydrogen) atoms. The maximum absolute atomic E-state index is 5.73. The molecule has 5 nitrogen and oxygen atoms in total. The van der Waals surface area contributed by atoms with Crippen molar-refractivity contribution in [1.29, 1.82) is 0 Å². The summed E-state index contributed by atoms with van der Waals surface area (Å²) >= 11 is 0. The van der Waals surface area contributed by atoms with Crippen molar-refractivity contribution in [1.82, 2.24) is 20.4 Å². The molecule has 3 N–H and O–H groups in total. The van der Waals surface area contributed by atoms with Crippen molar-refractivity contribution in [3.05, 3.63) is 11.9 Å². The fraction of sp³-hybridized carbons (Fsp3) is 0.846. The zero-order chi connectivity index (χ0) is 12.8. The maximum Gasteiger partial charge on any atom is 0.0770 e. The van der Waals surface area contributed by atoms with Crippen LogP contribution in [0.15, 0.2) is 6.20 Å². The first kappa shape index (κ1) is 13.5. The summed E-state index contributed by atoms with van der Waals surface area (Å²) in [4.78, 5) is 0. The Kier molecular flexibility index (Phi) is 5.13. The van der Waals surface area contributed by atoms with Crippen LogP contribution in [0.25, 0.3) is 0 Å². The Labute approximate surface area is 109 Å². The third kappa shape index (κ3) is 3.29. The number of hydrazine groups is 1. The quantitative estimate of drug-likeness (QED) is 0.600. The highest BCUT2D eigenvalue weighted by Gasteiger charge is 2.22. The second-order valence-corrected chi connectivity index (χ2v) is 5.34. The van der Waals surface area contributed by atoms with Crippen LogP contribution in [0.4, 0.5) is 0 Å². The zero-order valence-electron chi connectivity index (χ0n) is 11.3. The topological polar surface area (TPSA) is 68.8 Å². The first-order chi connectivity index (χ1) is 8.85. The molecule has 0 aliphatic heterocycles. The van der Waals surface area contributed by atoms with E-state index < -0.39 is 0 Å². The van der Waals surface area contributed by atoms with Crippen molar-refractivity contribution in [2.24, 2.45) is 11.8 Å². The van der Waals surface area contributed by atoms with E-state index in [1.54, 1.807) is 0 Å². The van der Waals surface area contributed by atoms with Gasteiger partial charge in [-0.25, -0.2) is 4.68 Å². The standard InChI is InChI=1S/C13H25N5/c1-2-8-18-13(10-15-17-18)12(16-14)9-11-6-4-3-5-7-11/h10-12,16H,2-9,14H2,1H3. The van der Waals surface area contributed by atoms with E-state index in [9.17, 15) is 0 Å². The molecule has 1 aliphatic carbocycles. The lowest BCUT2D eigenvalue weighted by Gasteiger charge is -2.26. The van der Waals surface area contributed by atoms with Crippen molar-refractivity contribution < 1.29 is 0 Å². The van der Waals surface area contributed by atoms with Crippen LogP contribution in [-0.2, 0) is 6.54 Å². The minimum atomic E-state index is 0.189. The Morgan fingerprint density at radius 2 is 2.22 bits per heavy atom. The van der Waals surface area contributed by atoms with Crippen LogP contribution in [0.3, 0.4) is 0 Å². The maximum atomic E-state index is 5.73. The lowest BCUT2D eigenvalue weighted by molar-refractivity contribution is 0.293. The van der Waals surface area contributed by atoms with Crippen molar-refractivity contribution in [3.8, 4) is 0 Å². The fourth-order valence-corrected chi connectivity index (χ4v) is 2.95. The van der Waals surface area contributed by atoms with Crippen LogP contribution in [0.1, 0.15) is 63.6 Å². The lowest BCUT2D eigenvalue weighted by Crippen LogP contribution is -2.32. The first-order valence-corrected chi connectivity index (χ1v) is 7.19. The van der Waals surface area contributed by atoms with E-state index in [1.165, 1.54) is 32.1 Å². The number of aromatic nitrogens is 3. The number of hydrogen-bond donors (Lipinski definition) is 2. The van der Waals surface area contributed by atoms with Gasteiger partial charge in [0.2, 0.25) is 0 Å². The summed E-state index contributed by atoms with van der Waals surface area (Å²) in [5.41, 5.74) is 4.08. The van der Waals surface area contributed by atoms with Gasteiger partial charge in [-0.1, -0.05) is 44.2 Å². The van der Waals surface area contributed by atoms with E-state index in [1.807, 2.05) is 10.9 Å². The summed E-state index contributed by atoms with van der Waals surface area (Å²) in [5.74, 6) is 6.52. The van der Waals surface area contributed by atoms with Gasteiger partial charge in [-0.15, -0.1) is 5.10 Å². The molecule has 0 saturated heterocycles. The molecule has 1 unspecified atom stereocenters. The molecule has 0 aromatic carbocycles. The Balaban J connectivity index is 2.00. The van der Waals surface area contributed by atoms with E-state index in [0.717, 1.165) is 31.0 Å². The Morgan fingerprint density at radius 1 is 1.44 bits per heavy atom. The minimum absolute atomic E-state index is 0.189. The normalized spacial score (nSPS) is 19.0. The van der Waals surface area contributed by atoms with Crippen molar-refractivity contribution >= 4 is 0 Å². The predicted molar refractivity (Wildman–Crippen MR) is 71.6 cm³/mol. The molecule has 0 spiro atoms. The van der Waals surface area contributed by atoms with E-state index in [0.29, 0.717) is 0 Å². The minimum Gasteiger partial charge on any atom is -0.271 e. The Hall–Kier alpha value is -0.940. The van der Waals surface area contributed by atoms with Crippen LogP contribution in [0.5, 0.6) is 0 Å². The van der Waals surface area contributed by atoms with Gasteiger partial charge in [0.15, 0.2) is 0 Å². The number of hydrogen-bond acceptors (Lipinski definition) is 4. The van der Waals surface area contributed by atoms with E-state index in [4.69, 9.17) is 5.84 Å². The second kappa shape index (κ2) is 6.85. The molecule has 1 atom stereocenters. The Morgan fingerprint density at radius 3 is 2.89 bits per heavy atom. The summed E-state index contributed by atoms with van der Waals surface area (Å²) in [6, 6.07) is 0.189. The van der Waals surface area contributed by atoms with Crippen LogP contribution >= 0.6 is 0 Å². The largest absolute Gasteiger partial charge is 0.271 e. The predicted octanol–water partition coefficient (Wildman–Crippen LogP) is 2.16. The van der Waals surface area contributed by atoms with E-state index in [2.05, 4.69) is 22.7 Å². The Bertz CT molecular complexity index is 343. The third-order valence-electron chi connectivity index (χ3n) is 3.94. The molecule has 1 aromatic rings. The summed E-state index contributed by atoms with van der Waals surface area (Å²) in [7, 11) is 0. The molecule has 1 aliphatic rings. The zero-order valence-corrected chi connectivity index (χ0v) is 11.3. The second-order valence-electron chi connectivity index (χ2n) is 5.34. The highest BCUT2D eigenvalue weighted by molar-refractivity contribution is 5.02. The summed E-state index contributed by atoms with van der Waals surface area (Å²) < 4.78 is 1.98. The number of nitrogens with one attached hydrogen (secondary N) is 1. The van der Waals surface area contributed by atoms with Crippen molar-refractivity contribution in [2.45, 2.75) is 64.5 Å². The third-order valence-corrected chi connectivity index (χ3v) is 3.94. The van der Waals surface area contributed by atoms with Crippen molar-refractivity contribution in [2.75, 3.05) is 0 Å². The summed E-state index contributed by atoms with van der Waals surface area (Å²) in [6.45, 7) is 3.07. The van der Waals surface area contributed by atoms with Gasteiger partial charge in [0.1, 0.15) is 0 Å². The highest BCUT2D eigenvalue weighted by Crippen LogP contribution is 2.31. The lowest BCUT2D eigenvalue weighted by atomic mass is 9.84. The summed E-state index contributed by atoms with van der Waals surface area (Å²) in [5, 5.41) is 8.16. The SMILES string of the molecule is CCCn1nncc1C(CC1CCCCC1)NN. The van der Waals surface area contributed by atoms with Crippen LogP contribution in [0, 0.1) is 5.92 Å². The van der Waals surface area contributed by atoms with Gasteiger partial charge in [0.25, 0.3) is 0 Å². The molecule has 1 heterocycles. The highest BCUT2D eigenvalue weighted by atomic mass is 15.4. The number of aryl methyl sites for hydroxylation is 1. The van der Waals surface area contributed by atoms with Gasteiger partial charge in [-0.2, -0.15) is 0 Å². The molecule has 1 aromatic heterocycles. The van der Waals surface area contributed by atoms with Crippen LogP contribution in [0.2, 0.25) is 0 Å². The molecule has 1 fully saturated rings. The number of nitrogens with zero attached hydrogens (tertiary/aromatic N) is 3. The molecule has 0 radical (unpaired) electrons. The smallest absolute Gasteiger partial charge is 0.0770 e. The molecular formula is C13H25N5. The van der Waals surface area contributed by atoms with Crippen LogP contribution in [-0.4, -0.2) is 15.0 Å².